The van der Waals surface area contributed by atoms with Crippen molar-refractivity contribution in [3.63, 3.8) is 0 Å². The Morgan fingerprint density at radius 2 is 1.84 bits per heavy atom. The third-order valence-electron chi connectivity index (χ3n) is 2.63. The lowest BCUT2D eigenvalue weighted by molar-refractivity contribution is -0.129. The van der Waals surface area contributed by atoms with Crippen molar-refractivity contribution in [2.45, 2.75) is 26.7 Å². The zero-order valence-corrected chi connectivity index (χ0v) is 11.4. The molecule has 0 aliphatic carbocycles. The lowest BCUT2D eigenvalue weighted by Gasteiger charge is -2.08. The lowest BCUT2D eigenvalue weighted by atomic mass is 10.1. The molecule has 5 nitrogen and oxygen atoms in total. The number of benzene rings is 1. The van der Waals surface area contributed by atoms with E-state index in [1.807, 2.05) is 38.1 Å². The molecule has 0 unspecified atom stereocenters. The van der Waals surface area contributed by atoms with Gasteiger partial charge >= 0.3 is 0 Å². The Bertz CT molecular complexity index is 432. The second-order valence-electron chi connectivity index (χ2n) is 4.15. The summed E-state index contributed by atoms with van der Waals surface area (Å²) in [6.07, 6.45) is 0.483. The summed E-state index contributed by atoms with van der Waals surface area (Å²) in [6, 6.07) is 7.65. The first-order valence-corrected chi connectivity index (χ1v) is 6.33. The van der Waals surface area contributed by atoms with Crippen LogP contribution < -0.4 is 10.9 Å². The van der Waals surface area contributed by atoms with Crippen LogP contribution in [0.3, 0.4) is 0 Å². The summed E-state index contributed by atoms with van der Waals surface area (Å²) in [4.78, 5) is 23.0. The largest absolute Gasteiger partial charge is 0.381 e. The van der Waals surface area contributed by atoms with E-state index in [1.165, 1.54) is 0 Å². The van der Waals surface area contributed by atoms with E-state index in [4.69, 9.17) is 4.74 Å². The summed E-state index contributed by atoms with van der Waals surface area (Å²) >= 11 is 0. The molecule has 19 heavy (non-hydrogen) atoms. The molecule has 0 saturated carbocycles. The lowest BCUT2D eigenvalue weighted by Crippen LogP contribution is -2.42. The van der Waals surface area contributed by atoms with E-state index < -0.39 is 0 Å². The summed E-state index contributed by atoms with van der Waals surface area (Å²) in [5.41, 5.74) is 6.76. The molecule has 0 fully saturated rings. The topological polar surface area (TPSA) is 67.4 Å². The third kappa shape index (κ3) is 6.01. The smallest absolute Gasteiger partial charge is 0.242 e. The molecular formula is C14H20N2O3. The molecule has 0 bridgehead atoms. The maximum Gasteiger partial charge on any atom is 0.242 e. The second kappa shape index (κ2) is 8.26. The number of aryl methyl sites for hydroxylation is 1. The highest BCUT2D eigenvalue weighted by molar-refractivity contribution is 5.83. The van der Waals surface area contributed by atoms with E-state index in [0.29, 0.717) is 13.2 Å². The fourth-order valence-corrected chi connectivity index (χ4v) is 1.54. The molecule has 2 amide bonds. The van der Waals surface area contributed by atoms with Gasteiger partial charge in [0, 0.05) is 6.61 Å². The molecule has 1 aromatic carbocycles. The van der Waals surface area contributed by atoms with Crippen molar-refractivity contribution < 1.29 is 14.3 Å². The number of ether oxygens (including phenoxy) is 1. The number of rotatable bonds is 6. The minimum atomic E-state index is -0.258. The van der Waals surface area contributed by atoms with Crippen molar-refractivity contribution in [3.8, 4) is 0 Å². The minimum Gasteiger partial charge on any atom is -0.381 e. The van der Waals surface area contributed by atoms with Crippen molar-refractivity contribution in [3.05, 3.63) is 35.4 Å². The van der Waals surface area contributed by atoms with Gasteiger partial charge in [0.05, 0.1) is 19.4 Å². The molecule has 2 N–H and O–H groups in total. The van der Waals surface area contributed by atoms with Crippen LogP contribution in [0, 0.1) is 6.92 Å². The Morgan fingerprint density at radius 1 is 1.16 bits per heavy atom. The molecule has 0 aliphatic heterocycles. The van der Waals surface area contributed by atoms with Gasteiger partial charge in [-0.2, -0.15) is 0 Å². The van der Waals surface area contributed by atoms with Crippen LogP contribution in [0.2, 0.25) is 0 Å². The molecule has 0 radical (unpaired) electrons. The van der Waals surface area contributed by atoms with Crippen molar-refractivity contribution in [1.29, 1.82) is 0 Å². The van der Waals surface area contributed by atoms with Crippen molar-refractivity contribution in [2.24, 2.45) is 0 Å². The molecule has 1 rings (SSSR count). The van der Waals surface area contributed by atoms with Gasteiger partial charge in [-0.05, 0) is 25.0 Å². The average molecular weight is 264 g/mol. The van der Waals surface area contributed by atoms with Crippen LogP contribution >= 0.6 is 0 Å². The summed E-state index contributed by atoms with van der Waals surface area (Å²) in [7, 11) is 0. The van der Waals surface area contributed by atoms with Crippen molar-refractivity contribution in [2.75, 3.05) is 13.2 Å². The van der Waals surface area contributed by atoms with Gasteiger partial charge in [0.25, 0.3) is 0 Å². The van der Waals surface area contributed by atoms with Crippen LogP contribution in [-0.4, -0.2) is 25.0 Å². The van der Waals surface area contributed by atoms with E-state index in [1.54, 1.807) is 0 Å². The predicted molar refractivity (Wildman–Crippen MR) is 72.3 cm³/mol. The van der Waals surface area contributed by atoms with E-state index in [0.717, 1.165) is 11.1 Å². The van der Waals surface area contributed by atoms with Crippen LogP contribution in [0.15, 0.2) is 24.3 Å². The van der Waals surface area contributed by atoms with Gasteiger partial charge in [-0.3, -0.25) is 20.4 Å². The van der Waals surface area contributed by atoms with Crippen molar-refractivity contribution >= 4 is 11.8 Å². The molecule has 0 heterocycles. The number of nitrogens with one attached hydrogen (secondary N) is 2. The average Bonchev–Trinajstić information content (AvgIpc) is 2.39. The Hall–Kier alpha value is -1.88. The molecule has 0 saturated heterocycles. The van der Waals surface area contributed by atoms with Gasteiger partial charge in [-0.15, -0.1) is 0 Å². The fraction of sp³-hybridized carbons (Fsp3) is 0.429. The maximum atomic E-state index is 11.6. The predicted octanol–water partition coefficient (Wildman–Crippen LogP) is 1.11. The first-order valence-electron chi connectivity index (χ1n) is 6.33. The summed E-state index contributed by atoms with van der Waals surface area (Å²) < 4.78 is 5.05. The highest BCUT2D eigenvalue weighted by atomic mass is 16.5. The van der Waals surface area contributed by atoms with Crippen LogP contribution in [0.5, 0.6) is 0 Å². The molecule has 0 atom stereocenters. The Morgan fingerprint density at radius 3 is 2.53 bits per heavy atom. The maximum absolute atomic E-state index is 11.6. The quantitative estimate of drug-likeness (QED) is 0.597. The van der Waals surface area contributed by atoms with Crippen LogP contribution in [-0.2, 0) is 20.7 Å². The van der Waals surface area contributed by atoms with Crippen LogP contribution in [0.4, 0.5) is 0 Å². The Labute approximate surface area is 113 Å². The van der Waals surface area contributed by atoms with Gasteiger partial charge in [-0.1, -0.05) is 24.3 Å². The number of carbonyl (C=O) groups is 2. The normalized spacial score (nSPS) is 10.0. The first kappa shape index (κ1) is 15.2. The molecule has 5 heteroatoms. The molecule has 104 valence electrons. The van der Waals surface area contributed by atoms with Crippen LogP contribution in [0.25, 0.3) is 0 Å². The molecular weight excluding hydrogens is 244 g/mol. The summed E-state index contributed by atoms with van der Waals surface area (Å²) in [6.45, 7) is 4.74. The van der Waals surface area contributed by atoms with Gasteiger partial charge in [0.2, 0.25) is 11.8 Å². The van der Waals surface area contributed by atoms with Crippen LogP contribution in [0.1, 0.15) is 24.5 Å². The van der Waals surface area contributed by atoms with E-state index in [2.05, 4.69) is 10.9 Å². The highest BCUT2D eigenvalue weighted by Crippen LogP contribution is 2.07. The Kier molecular flexibility index (Phi) is 6.60. The molecule has 0 aliphatic rings. The second-order valence-corrected chi connectivity index (χ2v) is 4.15. The number of hydrogen-bond donors (Lipinski definition) is 2. The van der Waals surface area contributed by atoms with Gasteiger partial charge < -0.3 is 4.74 Å². The van der Waals surface area contributed by atoms with Gasteiger partial charge in [0.15, 0.2) is 0 Å². The number of amides is 2. The standard InChI is InChI=1S/C14H20N2O3/c1-3-19-9-8-13(17)15-16-14(18)10-12-7-5-4-6-11(12)2/h4-7H,3,8-10H2,1-2H3,(H,15,17)(H,16,18). The van der Waals surface area contributed by atoms with Gasteiger partial charge in [0.1, 0.15) is 0 Å². The number of hydrazine groups is 1. The summed E-state index contributed by atoms with van der Waals surface area (Å²) in [5, 5.41) is 0. The zero-order chi connectivity index (χ0) is 14.1. The number of hydrogen-bond acceptors (Lipinski definition) is 3. The minimum absolute atomic E-state index is 0.235. The fourth-order valence-electron chi connectivity index (χ4n) is 1.54. The third-order valence-corrected chi connectivity index (χ3v) is 2.63. The Balaban J connectivity index is 2.28. The molecule has 0 spiro atoms. The highest BCUT2D eigenvalue weighted by Gasteiger charge is 2.07. The molecule has 0 aromatic heterocycles. The van der Waals surface area contributed by atoms with E-state index >= 15 is 0 Å². The molecule has 1 aromatic rings. The summed E-state index contributed by atoms with van der Waals surface area (Å²) in [5.74, 6) is -0.495. The van der Waals surface area contributed by atoms with E-state index in [-0.39, 0.29) is 24.7 Å². The number of carbonyl (C=O) groups excluding carboxylic acids is 2. The van der Waals surface area contributed by atoms with E-state index in [9.17, 15) is 9.59 Å². The van der Waals surface area contributed by atoms with Crippen molar-refractivity contribution in [1.82, 2.24) is 10.9 Å². The first-order chi connectivity index (χ1) is 9.13. The van der Waals surface area contributed by atoms with Gasteiger partial charge in [-0.25, -0.2) is 0 Å². The SMILES string of the molecule is CCOCCC(=O)NNC(=O)Cc1ccccc1C. The zero-order valence-electron chi connectivity index (χ0n) is 11.4. The monoisotopic (exact) mass is 264 g/mol.